The summed E-state index contributed by atoms with van der Waals surface area (Å²) < 4.78 is 5.21. The summed E-state index contributed by atoms with van der Waals surface area (Å²) in [6.45, 7) is 7.58. The molecule has 3 unspecified atom stereocenters. The Hall–Kier alpha value is -0.120. The lowest BCUT2D eigenvalue weighted by molar-refractivity contribution is 0.0970. The van der Waals surface area contributed by atoms with Crippen LogP contribution in [-0.4, -0.2) is 43.8 Å². The SMILES string of the molecule is CCC(C)N(CCOC)CC1CCCCC1N. The van der Waals surface area contributed by atoms with Crippen LogP contribution in [0.4, 0.5) is 0 Å². The fourth-order valence-corrected chi connectivity index (χ4v) is 2.72. The second kappa shape index (κ2) is 8.06. The van der Waals surface area contributed by atoms with E-state index in [1.54, 1.807) is 7.11 Å². The topological polar surface area (TPSA) is 38.5 Å². The van der Waals surface area contributed by atoms with Crippen molar-refractivity contribution in [1.82, 2.24) is 4.90 Å². The lowest BCUT2D eigenvalue weighted by atomic mass is 9.84. The first-order chi connectivity index (χ1) is 8.19. The third-order valence-corrected chi connectivity index (χ3v) is 4.23. The molecule has 0 saturated heterocycles. The van der Waals surface area contributed by atoms with Gasteiger partial charge in [0.1, 0.15) is 0 Å². The average Bonchev–Trinajstić information content (AvgIpc) is 2.35. The Morgan fingerprint density at radius 1 is 1.35 bits per heavy atom. The molecule has 3 heteroatoms. The first-order valence-corrected chi connectivity index (χ1v) is 7.17. The number of methoxy groups -OCH3 is 1. The number of nitrogens with zero attached hydrogens (tertiary/aromatic N) is 1. The van der Waals surface area contributed by atoms with Crippen LogP contribution >= 0.6 is 0 Å². The van der Waals surface area contributed by atoms with Gasteiger partial charge >= 0.3 is 0 Å². The van der Waals surface area contributed by atoms with Crippen molar-refractivity contribution in [2.75, 3.05) is 26.8 Å². The van der Waals surface area contributed by atoms with Crippen LogP contribution in [0.2, 0.25) is 0 Å². The molecular formula is C14H30N2O. The van der Waals surface area contributed by atoms with Crippen LogP contribution in [0.25, 0.3) is 0 Å². The Kier molecular flexibility index (Phi) is 7.09. The highest BCUT2D eigenvalue weighted by molar-refractivity contribution is 4.81. The second-order valence-electron chi connectivity index (χ2n) is 5.45. The smallest absolute Gasteiger partial charge is 0.0589 e. The molecule has 0 heterocycles. The van der Waals surface area contributed by atoms with Crippen LogP contribution in [0.1, 0.15) is 46.0 Å². The molecule has 1 saturated carbocycles. The van der Waals surface area contributed by atoms with Crippen LogP contribution in [0.3, 0.4) is 0 Å². The fraction of sp³-hybridized carbons (Fsp3) is 1.00. The van der Waals surface area contributed by atoms with Gasteiger partial charge in [-0.1, -0.05) is 19.8 Å². The summed E-state index contributed by atoms with van der Waals surface area (Å²) in [5, 5.41) is 0. The third-order valence-electron chi connectivity index (χ3n) is 4.23. The molecule has 3 atom stereocenters. The van der Waals surface area contributed by atoms with E-state index in [0.29, 0.717) is 18.0 Å². The molecule has 0 radical (unpaired) electrons. The Morgan fingerprint density at radius 3 is 2.65 bits per heavy atom. The minimum Gasteiger partial charge on any atom is -0.383 e. The zero-order chi connectivity index (χ0) is 12.7. The van der Waals surface area contributed by atoms with Crippen molar-refractivity contribution < 1.29 is 4.74 Å². The van der Waals surface area contributed by atoms with E-state index in [2.05, 4.69) is 18.7 Å². The monoisotopic (exact) mass is 242 g/mol. The van der Waals surface area contributed by atoms with E-state index in [9.17, 15) is 0 Å². The average molecular weight is 242 g/mol. The third kappa shape index (κ3) is 4.94. The molecule has 3 nitrogen and oxygen atoms in total. The van der Waals surface area contributed by atoms with E-state index in [0.717, 1.165) is 19.7 Å². The molecule has 1 aliphatic rings. The summed E-state index contributed by atoms with van der Waals surface area (Å²) in [5.41, 5.74) is 6.24. The summed E-state index contributed by atoms with van der Waals surface area (Å²) in [6.07, 6.45) is 6.39. The molecular weight excluding hydrogens is 212 g/mol. The standard InChI is InChI=1S/C14H30N2O/c1-4-12(2)16(9-10-17-3)11-13-7-5-6-8-14(13)15/h12-14H,4-11,15H2,1-3H3. The molecule has 0 aromatic rings. The molecule has 2 N–H and O–H groups in total. The van der Waals surface area contributed by atoms with Crippen molar-refractivity contribution in [3.05, 3.63) is 0 Å². The van der Waals surface area contributed by atoms with Gasteiger partial charge in [0.15, 0.2) is 0 Å². The van der Waals surface area contributed by atoms with E-state index in [1.807, 2.05) is 0 Å². The highest BCUT2D eigenvalue weighted by Gasteiger charge is 2.25. The highest BCUT2D eigenvalue weighted by Crippen LogP contribution is 2.24. The molecule has 0 aromatic heterocycles. The van der Waals surface area contributed by atoms with Crippen molar-refractivity contribution in [1.29, 1.82) is 0 Å². The minimum absolute atomic E-state index is 0.415. The predicted molar refractivity (Wildman–Crippen MR) is 73.1 cm³/mol. The van der Waals surface area contributed by atoms with Gasteiger partial charge in [-0.25, -0.2) is 0 Å². The van der Waals surface area contributed by atoms with E-state index in [1.165, 1.54) is 32.1 Å². The van der Waals surface area contributed by atoms with Crippen molar-refractivity contribution in [2.45, 2.75) is 58.0 Å². The van der Waals surface area contributed by atoms with Crippen molar-refractivity contribution in [2.24, 2.45) is 11.7 Å². The first-order valence-electron chi connectivity index (χ1n) is 7.17. The van der Waals surface area contributed by atoms with Gasteiger partial charge in [0.2, 0.25) is 0 Å². The van der Waals surface area contributed by atoms with Crippen LogP contribution in [0.5, 0.6) is 0 Å². The highest BCUT2D eigenvalue weighted by atomic mass is 16.5. The molecule has 0 aliphatic heterocycles. The fourth-order valence-electron chi connectivity index (χ4n) is 2.72. The Morgan fingerprint density at radius 2 is 2.06 bits per heavy atom. The molecule has 1 aliphatic carbocycles. The van der Waals surface area contributed by atoms with Gasteiger partial charge in [0.05, 0.1) is 6.61 Å². The largest absolute Gasteiger partial charge is 0.383 e. The summed E-state index contributed by atoms with van der Waals surface area (Å²) in [7, 11) is 1.78. The quantitative estimate of drug-likeness (QED) is 0.744. The molecule has 1 fully saturated rings. The Labute approximate surface area is 107 Å². The molecule has 0 aromatic carbocycles. The summed E-state index contributed by atoms with van der Waals surface area (Å²) in [4.78, 5) is 2.55. The molecule has 102 valence electrons. The molecule has 0 bridgehead atoms. The van der Waals surface area contributed by atoms with Crippen LogP contribution in [0.15, 0.2) is 0 Å². The van der Waals surface area contributed by atoms with Crippen molar-refractivity contribution >= 4 is 0 Å². The van der Waals surface area contributed by atoms with Crippen molar-refractivity contribution in [3.8, 4) is 0 Å². The van der Waals surface area contributed by atoms with Crippen molar-refractivity contribution in [3.63, 3.8) is 0 Å². The van der Waals surface area contributed by atoms with Gasteiger partial charge < -0.3 is 10.5 Å². The maximum atomic E-state index is 6.24. The normalized spacial score (nSPS) is 27.4. The van der Waals surface area contributed by atoms with E-state index in [4.69, 9.17) is 10.5 Å². The summed E-state index contributed by atoms with van der Waals surface area (Å²) >= 11 is 0. The van der Waals surface area contributed by atoms with Gasteiger partial charge in [0, 0.05) is 32.3 Å². The van der Waals surface area contributed by atoms with Gasteiger partial charge in [-0.2, -0.15) is 0 Å². The molecule has 0 spiro atoms. The number of hydrogen-bond acceptors (Lipinski definition) is 3. The van der Waals surface area contributed by atoms with Gasteiger partial charge in [-0.15, -0.1) is 0 Å². The predicted octanol–water partition coefficient (Wildman–Crippen LogP) is 2.25. The number of rotatable bonds is 7. The van der Waals surface area contributed by atoms with Crippen LogP contribution in [-0.2, 0) is 4.74 Å². The van der Waals surface area contributed by atoms with Crippen LogP contribution in [0, 0.1) is 5.92 Å². The molecule has 0 amide bonds. The van der Waals surface area contributed by atoms with E-state index < -0.39 is 0 Å². The Balaban J connectivity index is 2.45. The minimum atomic E-state index is 0.415. The van der Waals surface area contributed by atoms with E-state index in [-0.39, 0.29) is 0 Å². The first kappa shape index (κ1) is 14.9. The maximum Gasteiger partial charge on any atom is 0.0589 e. The summed E-state index contributed by atoms with van der Waals surface area (Å²) in [5.74, 6) is 0.689. The van der Waals surface area contributed by atoms with E-state index >= 15 is 0 Å². The molecule has 1 rings (SSSR count). The zero-order valence-corrected chi connectivity index (χ0v) is 11.8. The van der Waals surface area contributed by atoms with Crippen LogP contribution < -0.4 is 5.73 Å². The Bertz CT molecular complexity index is 199. The lowest BCUT2D eigenvalue weighted by Crippen LogP contribution is -2.45. The number of nitrogens with two attached hydrogens (primary N) is 1. The maximum absolute atomic E-state index is 6.24. The zero-order valence-electron chi connectivity index (χ0n) is 11.8. The van der Waals surface area contributed by atoms with Gasteiger partial charge in [-0.05, 0) is 32.1 Å². The number of hydrogen-bond donors (Lipinski definition) is 1. The summed E-state index contributed by atoms with van der Waals surface area (Å²) in [6, 6.07) is 1.05. The van der Waals surface area contributed by atoms with Gasteiger partial charge in [0.25, 0.3) is 0 Å². The molecule has 17 heavy (non-hydrogen) atoms. The second-order valence-corrected chi connectivity index (χ2v) is 5.45. The van der Waals surface area contributed by atoms with Gasteiger partial charge in [-0.3, -0.25) is 4.90 Å². The lowest BCUT2D eigenvalue weighted by Gasteiger charge is -2.36. The number of ether oxygens (including phenoxy) is 1.